The number of aliphatic hydroxyl groups excluding tert-OH is 1. The molecule has 3 rings (SSSR count). The van der Waals surface area contributed by atoms with Gasteiger partial charge in [-0.1, -0.05) is 48.0 Å². The molecule has 0 aromatic heterocycles. The maximum atomic E-state index is 12.6. The number of hydrogen-bond donors (Lipinski definition) is 2. The summed E-state index contributed by atoms with van der Waals surface area (Å²) in [5.74, 6) is 0.858. The van der Waals surface area contributed by atoms with E-state index in [9.17, 15) is 9.90 Å². The van der Waals surface area contributed by atoms with Gasteiger partial charge >= 0.3 is 0 Å². The highest BCUT2D eigenvalue weighted by molar-refractivity contribution is 5.78. The molecule has 1 amide bonds. The zero-order valence-electron chi connectivity index (χ0n) is 15.1. The van der Waals surface area contributed by atoms with Crippen LogP contribution >= 0.6 is 0 Å². The Hall–Kier alpha value is -2.37. The molecule has 1 unspecified atom stereocenters. The molecule has 0 saturated carbocycles. The zero-order valence-corrected chi connectivity index (χ0v) is 15.1. The maximum Gasteiger partial charge on any atom is 0.234 e. The molecule has 0 fully saturated rings. The number of para-hydroxylation sites is 1. The lowest BCUT2D eigenvalue weighted by molar-refractivity contribution is -0.123. The lowest BCUT2D eigenvalue weighted by Crippen LogP contribution is -2.39. The van der Waals surface area contributed by atoms with Gasteiger partial charge in [-0.15, -0.1) is 0 Å². The van der Waals surface area contributed by atoms with Crippen LogP contribution in [0.4, 0.5) is 0 Å². The molecule has 1 aliphatic rings. The zero-order chi connectivity index (χ0) is 18.4. The van der Waals surface area contributed by atoms with Gasteiger partial charge in [0.15, 0.2) is 0 Å². The minimum Gasteiger partial charge on any atom is -0.492 e. The van der Waals surface area contributed by atoms with Gasteiger partial charge < -0.3 is 15.2 Å². The summed E-state index contributed by atoms with van der Waals surface area (Å²) < 4.78 is 5.75. The highest BCUT2D eigenvalue weighted by atomic mass is 16.5. The number of ether oxygens (including phenoxy) is 1. The summed E-state index contributed by atoms with van der Waals surface area (Å²) in [5.41, 5.74) is 3.29. The number of aryl methyl sites for hydroxylation is 1. The van der Waals surface area contributed by atoms with Crippen molar-refractivity contribution in [2.45, 2.75) is 25.9 Å². The Balaban J connectivity index is 1.62. The molecule has 0 aliphatic carbocycles. The molecular formula is C21H26N2O3. The number of amides is 1. The van der Waals surface area contributed by atoms with Crippen LogP contribution in [0.2, 0.25) is 0 Å². The normalized spacial score (nSPS) is 15.5. The molecule has 5 heteroatoms. The summed E-state index contributed by atoms with van der Waals surface area (Å²) in [5, 5.41) is 12.4. The summed E-state index contributed by atoms with van der Waals surface area (Å²) in [4.78, 5) is 14.7. The maximum absolute atomic E-state index is 12.6. The van der Waals surface area contributed by atoms with Gasteiger partial charge in [-0.3, -0.25) is 9.69 Å². The van der Waals surface area contributed by atoms with Crippen molar-refractivity contribution in [3.05, 3.63) is 65.2 Å². The Morgan fingerprint density at radius 1 is 1.23 bits per heavy atom. The molecule has 1 heterocycles. The molecule has 2 aromatic rings. The van der Waals surface area contributed by atoms with Crippen LogP contribution in [-0.4, -0.2) is 42.2 Å². The van der Waals surface area contributed by atoms with Crippen molar-refractivity contribution >= 4 is 5.91 Å². The molecule has 0 bridgehead atoms. The third-order valence-corrected chi connectivity index (χ3v) is 4.63. The van der Waals surface area contributed by atoms with Gasteiger partial charge in [0.1, 0.15) is 12.4 Å². The summed E-state index contributed by atoms with van der Waals surface area (Å²) in [6, 6.07) is 15.8. The molecule has 0 spiro atoms. The van der Waals surface area contributed by atoms with E-state index in [1.165, 1.54) is 5.56 Å². The summed E-state index contributed by atoms with van der Waals surface area (Å²) in [6.45, 7) is 4.34. The van der Waals surface area contributed by atoms with Crippen LogP contribution in [0.5, 0.6) is 5.75 Å². The van der Waals surface area contributed by atoms with E-state index in [-0.39, 0.29) is 18.6 Å². The number of hydrogen-bond acceptors (Lipinski definition) is 4. The number of fused-ring (bicyclic) bond motifs is 1. The number of benzene rings is 2. The fourth-order valence-electron chi connectivity index (χ4n) is 3.21. The number of carbonyl (C=O) groups is 1. The summed E-state index contributed by atoms with van der Waals surface area (Å²) in [6.07, 6.45) is 0.501. The Kier molecular flexibility index (Phi) is 6.26. The molecule has 138 valence electrons. The van der Waals surface area contributed by atoms with Crippen LogP contribution in [-0.2, 0) is 11.3 Å². The van der Waals surface area contributed by atoms with Crippen molar-refractivity contribution in [1.82, 2.24) is 10.2 Å². The highest BCUT2D eigenvalue weighted by Crippen LogP contribution is 2.22. The lowest BCUT2D eigenvalue weighted by Gasteiger charge is -2.22. The SMILES string of the molecule is Cc1ccc(C(CCO)NC(=O)CN2CCOc3ccccc3C2)cc1. The summed E-state index contributed by atoms with van der Waals surface area (Å²) >= 11 is 0. The standard InChI is InChI=1S/C21H26N2O3/c1-16-6-8-17(9-7-16)19(10-12-24)22-21(25)15-23-11-13-26-20-5-3-2-4-18(20)14-23/h2-9,19,24H,10-15H2,1H3,(H,22,25). The van der Waals surface area contributed by atoms with E-state index in [0.717, 1.165) is 16.9 Å². The van der Waals surface area contributed by atoms with E-state index in [2.05, 4.69) is 10.2 Å². The topological polar surface area (TPSA) is 61.8 Å². The fraction of sp³-hybridized carbons (Fsp3) is 0.381. The van der Waals surface area contributed by atoms with Crippen LogP contribution < -0.4 is 10.1 Å². The van der Waals surface area contributed by atoms with Gasteiger partial charge in [-0.05, 0) is 25.0 Å². The second-order valence-electron chi connectivity index (χ2n) is 6.71. The number of nitrogens with zero attached hydrogens (tertiary/aromatic N) is 1. The number of rotatable bonds is 6. The van der Waals surface area contributed by atoms with Crippen molar-refractivity contribution in [3.8, 4) is 5.75 Å². The van der Waals surface area contributed by atoms with Gasteiger partial charge in [-0.25, -0.2) is 0 Å². The smallest absolute Gasteiger partial charge is 0.234 e. The first-order valence-electron chi connectivity index (χ1n) is 9.05. The van der Waals surface area contributed by atoms with Crippen molar-refractivity contribution in [2.24, 2.45) is 0 Å². The molecule has 1 aliphatic heterocycles. The highest BCUT2D eigenvalue weighted by Gasteiger charge is 2.20. The van der Waals surface area contributed by atoms with Crippen LogP contribution in [0.1, 0.15) is 29.2 Å². The van der Waals surface area contributed by atoms with E-state index < -0.39 is 0 Å². The molecule has 2 aromatic carbocycles. The number of aliphatic hydroxyl groups is 1. The first-order valence-corrected chi connectivity index (χ1v) is 9.05. The Morgan fingerprint density at radius 3 is 2.77 bits per heavy atom. The number of nitrogens with one attached hydrogen (secondary N) is 1. The minimum atomic E-state index is -0.177. The van der Waals surface area contributed by atoms with Crippen molar-refractivity contribution in [2.75, 3.05) is 26.3 Å². The van der Waals surface area contributed by atoms with E-state index >= 15 is 0 Å². The molecule has 0 saturated heterocycles. The largest absolute Gasteiger partial charge is 0.492 e. The van der Waals surface area contributed by atoms with E-state index in [0.29, 0.717) is 32.7 Å². The van der Waals surface area contributed by atoms with Crippen molar-refractivity contribution < 1.29 is 14.6 Å². The Labute approximate surface area is 154 Å². The predicted molar refractivity (Wildman–Crippen MR) is 101 cm³/mol. The van der Waals surface area contributed by atoms with Gasteiger partial charge in [0.05, 0.1) is 12.6 Å². The van der Waals surface area contributed by atoms with E-state index in [4.69, 9.17) is 4.74 Å². The Morgan fingerprint density at radius 2 is 2.00 bits per heavy atom. The quantitative estimate of drug-likeness (QED) is 0.836. The van der Waals surface area contributed by atoms with Crippen molar-refractivity contribution in [1.29, 1.82) is 0 Å². The van der Waals surface area contributed by atoms with Crippen LogP contribution in [0, 0.1) is 6.92 Å². The van der Waals surface area contributed by atoms with Gasteiger partial charge in [-0.2, -0.15) is 0 Å². The molecule has 26 heavy (non-hydrogen) atoms. The average molecular weight is 354 g/mol. The predicted octanol–water partition coefficient (Wildman–Crippen LogP) is 2.43. The second kappa shape index (κ2) is 8.83. The van der Waals surface area contributed by atoms with Crippen LogP contribution in [0.3, 0.4) is 0 Å². The molecule has 5 nitrogen and oxygen atoms in total. The first-order chi connectivity index (χ1) is 12.7. The Bertz CT molecular complexity index is 730. The van der Waals surface area contributed by atoms with E-state index in [1.807, 2.05) is 55.5 Å². The average Bonchev–Trinajstić information content (AvgIpc) is 2.83. The molecule has 0 radical (unpaired) electrons. The third kappa shape index (κ3) is 4.84. The number of carbonyl (C=O) groups excluding carboxylic acids is 1. The van der Waals surface area contributed by atoms with Gasteiger partial charge in [0.25, 0.3) is 0 Å². The summed E-state index contributed by atoms with van der Waals surface area (Å²) in [7, 11) is 0. The molecule has 2 N–H and O–H groups in total. The van der Waals surface area contributed by atoms with Gasteiger partial charge in [0.2, 0.25) is 5.91 Å². The van der Waals surface area contributed by atoms with E-state index in [1.54, 1.807) is 0 Å². The molecule has 1 atom stereocenters. The van der Waals surface area contributed by atoms with Gasteiger partial charge in [0, 0.05) is 25.3 Å². The van der Waals surface area contributed by atoms with Crippen LogP contribution in [0.25, 0.3) is 0 Å². The van der Waals surface area contributed by atoms with Crippen molar-refractivity contribution in [3.63, 3.8) is 0 Å². The second-order valence-corrected chi connectivity index (χ2v) is 6.71. The monoisotopic (exact) mass is 354 g/mol. The fourth-order valence-corrected chi connectivity index (χ4v) is 3.21. The first kappa shape index (κ1) is 18.4. The minimum absolute atomic E-state index is 0.0315. The lowest BCUT2D eigenvalue weighted by atomic mass is 10.0. The van der Waals surface area contributed by atoms with Crippen LogP contribution in [0.15, 0.2) is 48.5 Å². The molecular weight excluding hydrogens is 328 g/mol. The third-order valence-electron chi connectivity index (χ3n) is 4.63.